The van der Waals surface area contributed by atoms with Crippen LogP contribution in [0.5, 0.6) is 0 Å². The summed E-state index contributed by atoms with van der Waals surface area (Å²) in [6.07, 6.45) is 5.22. The molecule has 0 saturated heterocycles. The number of hydroxylamine groups is 1. The normalized spacial score (nSPS) is 39.9. The molecule has 0 aromatic rings. The van der Waals surface area contributed by atoms with Gasteiger partial charge in [-0.1, -0.05) is 0 Å². The molecule has 0 aromatic heterocycles. The third-order valence-corrected chi connectivity index (χ3v) is 5.63. The Morgan fingerprint density at radius 2 is 1.84 bits per heavy atom. The molecule has 0 aromatic carbocycles. The minimum absolute atomic E-state index is 0.00273. The van der Waals surface area contributed by atoms with E-state index in [9.17, 15) is 23.2 Å². The summed E-state index contributed by atoms with van der Waals surface area (Å²) in [6.45, 7) is 0. The molecule has 1 amide bonds. The minimum Gasteiger partial charge on any atom is -0.746 e. The van der Waals surface area contributed by atoms with Gasteiger partial charge in [-0.2, -0.15) is 13.2 Å². The summed E-state index contributed by atoms with van der Waals surface area (Å²) in [5.41, 5.74) is -4.86. The third-order valence-electron chi connectivity index (χ3n) is 5.05. The maximum atomic E-state index is 12.1. The molecule has 4 aliphatic rings. The summed E-state index contributed by atoms with van der Waals surface area (Å²) in [5, 5.41) is 11.2. The van der Waals surface area contributed by atoms with Crippen LogP contribution in [-0.2, 0) is 4.79 Å². The molecule has 2 unspecified atom stereocenters. The van der Waals surface area contributed by atoms with E-state index in [0.717, 1.165) is 25.7 Å². The first kappa shape index (κ1) is 13.5. The molecular formula is C12H15F3NO2S-. The van der Waals surface area contributed by atoms with E-state index >= 15 is 0 Å². The number of hydrogen-bond donors (Lipinski definition) is 0. The summed E-state index contributed by atoms with van der Waals surface area (Å²) in [6, 6.07) is 0. The van der Waals surface area contributed by atoms with Gasteiger partial charge in [0.15, 0.2) is 0 Å². The van der Waals surface area contributed by atoms with Crippen molar-refractivity contribution in [3.05, 3.63) is 5.21 Å². The van der Waals surface area contributed by atoms with Crippen molar-refractivity contribution in [3.8, 4) is 0 Å². The Bertz CT molecular complexity index is 387. The van der Waals surface area contributed by atoms with Gasteiger partial charge in [0.2, 0.25) is 5.91 Å². The molecule has 7 heteroatoms. The number of alkyl halides is 3. The van der Waals surface area contributed by atoms with E-state index in [-0.39, 0.29) is 11.8 Å². The zero-order chi connectivity index (χ0) is 13.8. The fraction of sp³-hybridized carbons (Fsp3) is 0.917. The Morgan fingerprint density at radius 1 is 1.26 bits per heavy atom. The van der Waals surface area contributed by atoms with Gasteiger partial charge in [-0.15, -0.1) is 0 Å². The first-order valence-electron chi connectivity index (χ1n) is 6.53. The molecule has 4 rings (SSSR count). The van der Waals surface area contributed by atoms with Crippen molar-refractivity contribution in [2.45, 2.75) is 44.0 Å². The second kappa shape index (κ2) is 4.28. The van der Waals surface area contributed by atoms with Gasteiger partial charge < -0.3 is 9.68 Å². The predicted octanol–water partition coefficient (Wildman–Crippen LogP) is 3.70. The largest absolute Gasteiger partial charge is 0.746 e. The van der Waals surface area contributed by atoms with Crippen LogP contribution in [0.3, 0.4) is 0 Å². The van der Waals surface area contributed by atoms with E-state index in [0.29, 0.717) is 17.8 Å². The van der Waals surface area contributed by atoms with E-state index in [4.69, 9.17) is 0 Å². The van der Waals surface area contributed by atoms with Crippen LogP contribution < -0.4 is 0 Å². The smallest absolute Gasteiger partial charge is 0.461 e. The average molecular weight is 294 g/mol. The standard InChI is InChI=1S/C12H15F3NO2S/c13-12(14,15)19-16(18)10(17)6-11-4-7-1-8(5-11)3-9(11)2-7/h7-9H,1-6H2/q-1. The molecule has 19 heavy (non-hydrogen) atoms. The summed E-state index contributed by atoms with van der Waals surface area (Å²) >= 11 is -0.881. The van der Waals surface area contributed by atoms with E-state index in [1.54, 1.807) is 0 Å². The highest BCUT2D eigenvalue weighted by Gasteiger charge is 2.58. The number of carbonyl (C=O) groups excluding carboxylic acids is 1. The Balaban J connectivity index is 1.64. The number of nitrogens with zero attached hydrogens (tertiary/aromatic N) is 1. The van der Waals surface area contributed by atoms with Gasteiger partial charge in [0.25, 0.3) is 0 Å². The lowest BCUT2D eigenvalue weighted by Gasteiger charge is -2.36. The minimum atomic E-state index is -4.69. The molecule has 0 heterocycles. The molecule has 4 aliphatic carbocycles. The molecular weight excluding hydrogens is 279 g/mol. The van der Waals surface area contributed by atoms with Crippen LogP contribution in [0.2, 0.25) is 0 Å². The van der Waals surface area contributed by atoms with Crippen molar-refractivity contribution in [3.63, 3.8) is 0 Å². The lowest BCUT2D eigenvalue weighted by atomic mass is 9.73. The van der Waals surface area contributed by atoms with Crippen LogP contribution in [0, 0.1) is 28.4 Å². The van der Waals surface area contributed by atoms with Gasteiger partial charge in [-0.25, -0.2) is 0 Å². The maximum Gasteiger partial charge on any atom is 0.461 e. The first-order chi connectivity index (χ1) is 8.77. The molecule has 0 aliphatic heterocycles. The van der Waals surface area contributed by atoms with Crippen LogP contribution in [0.4, 0.5) is 13.2 Å². The van der Waals surface area contributed by atoms with Crippen LogP contribution in [-0.4, -0.2) is 15.9 Å². The Kier molecular flexibility index (Phi) is 3.05. The van der Waals surface area contributed by atoms with Gasteiger partial charge >= 0.3 is 5.51 Å². The number of carbonyl (C=O) groups is 1. The summed E-state index contributed by atoms with van der Waals surface area (Å²) in [5.74, 6) is 0.779. The van der Waals surface area contributed by atoms with Gasteiger partial charge in [-0.3, -0.25) is 4.79 Å². The van der Waals surface area contributed by atoms with Crippen molar-refractivity contribution in [1.82, 2.24) is 4.47 Å². The lowest BCUT2D eigenvalue weighted by molar-refractivity contribution is -0.128. The third kappa shape index (κ3) is 2.46. The van der Waals surface area contributed by atoms with Crippen LogP contribution in [0.25, 0.3) is 0 Å². The Labute approximate surface area is 113 Å². The Hall–Kier alpha value is -0.430. The zero-order valence-corrected chi connectivity index (χ0v) is 11.1. The number of rotatable bonds is 3. The van der Waals surface area contributed by atoms with Gasteiger partial charge in [0, 0.05) is 6.42 Å². The SMILES string of the molecule is O=C(CC12CC3CC(CC1C3)C2)N([O-])SC(F)(F)F. The second-order valence-corrected chi connectivity index (χ2v) is 7.25. The van der Waals surface area contributed by atoms with E-state index in [2.05, 4.69) is 0 Å². The van der Waals surface area contributed by atoms with Crippen LogP contribution >= 0.6 is 11.9 Å². The summed E-state index contributed by atoms with van der Waals surface area (Å²) < 4.78 is 35.8. The maximum absolute atomic E-state index is 12.1. The van der Waals surface area contributed by atoms with Gasteiger partial charge in [-0.05, 0) is 55.3 Å². The molecule has 2 atom stereocenters. The van der Waals surface area contributed by atoms with Crippen LogP contribution in [0.15, 0.2) is 0 Å². The number of halogens is 3. The fourth-order valence-corrected chi connectivity index (χ4v) is 5.12. The molecule has 3 nitrogen and oxygen atoms in total. The predicted molar refractivity (Wildman–Crippen MR) is 64.5 cm³/mol. The highest BCUT2D eigenvalue weighted by atomic mass is 32.2. The Morgan fingerprint density at radius 3 is 2.37 bits per heavy atom. The molecule has 0 radical (unpaired) electrons. The fourth-order valence-electron chi connectivity index (χ4n) is 4.76. The van der Waals surface area contributed by atoms with Crippen molar-refractivity contribution in [1.29, 1.82) is 0 Å². The lowest BCUT2D eigenvalue weighted by Crippen LogP contribution is -2.32. The molecule has 0 N–H and O–H groups in total. The van der Waals surface area contributed by atoms with Crippen molar-refractivity contribution < 1.29 is 18.0 Å². The highest BCUT2D eigenvalue weighted by molar-refractivity contribution is 7.98. The van der Waals surface area contributed by atoms with Gasteiger partial charge in [0.05, 0.1) is 11.9 Å². The molecule has 4 saturated carbocycles. The van der Waals surface area contributed by atoms with Crippen molar-refractivity contribution in [2.75, 3.05) is 0 Å². The highest BCUT2D eigenvalue weighted by Crippen LogP contribution is 2.66. The molecule has 4 fully saturated rings. The first-order valence-corrected chi connectivity index (χ1v) is 7.31. The van der Waals surface area contributed by atoms with Gasteiger partial charge in [0.1, 0.15) is 0 Å². The summed E-state index contributed by atoms with van der Waals surface area (Å²) in [7, 11) is 0. The van der Waals surface area contributed by atoms with E-state index in [1.165, 1.54) is 6.42 Å². The second-order valence-electron chi connectivity index (χ2n) is 6.27. The monoisotopic (exact) mass is 294 g/mol. The molecule has 0 spiro atoms. The van der Waals surface area contributed by atoms with E-state index in [1.807, 2.05) is 0 Å². The van der Waals surface area contributed by atoms with Crippen LogP contribution in [0.1, 0.15) is 38.5 Å². The topological polar surface area (TPSA) is 43.4 Å². The number of amides is 1. The molecule has 4 bridgehead atoms. The van der Waals surface area contributed by atoms with Crippen molar-refractivity contribution in [2.24, 2.45) is 23.2 Å². The van der Waals surface area contributed by atoms with E-state index < -0.39 is 27.8 Å². The summed E-state index contributed by atoms with van der Waals surface area (Å²) in [4.78, 5) is 11.7. The number of hydrogen-bond acceptors (Lipinski definition) is 3. The quantitative estimate of drug-likeness (QED) is 0.589. The molecule has 108 valence electrons. The zero-order valence-electron chi connectivity index (χ0n) is 10.3. The average Bonchev–Trinajstić information content (AvgIpc) is 2.60. The van der Waals surface area contributed by atoms with Crippen molar-refractivity contribution >= 4 is 17.9 Å².